The van der Waals surface area contributed by atoms with Crippen LogP contribution in [0, 0.1) is 7.14 Å². The Morgan fingerprint density at radius 2 is 1.33 bits per heavy atom. The molecule has 0 aliphatic rings. The minimum atomic E-state index is -2.68. The second-order valence-electron chi connectivity index (χ2n) is 2.97. The summed E-state index contributed by atoms with van der Waals surface area (Å²) < 4.78 is 15.7. The Bertz CT molecular complexity index is 427. The summed E-state index contributed by atoms with van der Waals surface area (Å²) in [7, 11) is 0. The number of rotatable bonds is 2. The molecule has 0 bridgehead atoms. The van der Waals surface area contributed by atoms with Gasteiger partial charge in [-0.1, -0.05) is 0 Å². The molecule has 0 nitrogen and oxygen atoms in total. The van der Waals surface area contributed by atoms with Crippen molar-refractivity contribution in [3.8, 4) is 0 Å². The normalized spacial score (nSPS) is 11.2. The van der Waals surface area contributed by atoms with Gasteiger partial charge in [0.2, 0.25) is 0 Å². The fraction of sp³-hybridized carbons (Fsp3) is 0. The third-order valence-electron chi connectivity index (χ3n) is 1.92. The molecule has 2 aromatic rings. The van der Waals surface area contributed by atoms with Gasteiger partial charge in [-0.05, 0) is 0 Å². The van der Waals surface area contributed by atoms with Crippen molar-refractivity contribution >= 4 is 32.0 Å². The van der Waals surface area contributed by atoms with Crippen LogP contribution in [0.15, 0.2) is 54.6 Å². The van der Waals surface area contributed by atoms with Crippen LogP contribution in [0.5, 0.6) is 0 Å². The molecule has 2 aromatic carbocycles. The first-order chi connectivity index (χ1) is 7.27. The maximum absolute atomic E-state index is 14.1. The van der Waals surface area contributed by atoms with Crippen molar-refractivity contribution in [2.24, 2.45) is 0 Å². The topological polar surface area (TPSA) is 0 Å². The molecule has 0 aliphatic carbocycles. The van der Waals surface area contributed by atoms with Crippen LogP contribution in [0.1, 0.15) is 0 Å². The molecule has 0 heterocycles. The number of benzene rings is 2. The zero-order valence-electron chi connectivity index (χ0n) is 7.83. The second-order valence-corrected chi connectivity index (χ2v) is 7.25. The zero-order valence-corrected chi connectivity index (χ0v) is 10.7. The van der Waals surface area contributed by atoms with Crippen molar-refractivity contribution < 1.29 is 2.86 Å². The zero-order chi connectivity index (χ0) is 10.7. The number of halogens is 3. The molecule has 0 saturated carbocycles. The molecule has 15 heavy (non-hydrogen) atoms. The van der Waals surface area contributed by atoms with Gasteiger partial charge in [0.05, 0.1) is 0 Å². The Balaban J connectivity index is 2.29. The van der Waals surface area contributed by atoms with E-state index in [1.165, 1.54) is 0 Å². The summed E-state index contributed by atoms with van der Waals surface area (Å²) in [4.78, 5) is 0. The van der Waals surface area contributed by atoms with Crippen molar-refractivity contribution in [1.82, 2.24) is 0 Å². The Morgan fingerprint density at radius 1 is 0.800 bits per heavy atom. The van der Waals surface area contributed by atoms with Crippen LogP contribution in [-0.2, 0) is 0 Å². The summed E-state index contributed by atoms with van der Waals surface area (Å²) in [6.07, 6.45) is 0. The molecule has 0 aliphatic heterocycles. The van der Waals surface area contributed by atoms with Gasteiger partial charge in [0, 0.05) is 0 Å². The molecule has 0 amide bonds. The van der Waals surface area contributed by atoms with E-state index in [2.05, 4.69) is 0 Å². The van der Waals surface area contributed by atoms with Crippen molar-refractivity contribution in [3.63, 3.8) is 0 Å². The Morgan fingerprint density at radius 3 is 1.93 bits per heavy atom. The van der Waals surface area contributed by atoms with E-state index >= 15 is 0 Å². The summed E-state index contributed by atoms with van der Waals surface area (Å²) in [5.41, 5.74) is 0. The van der Waals surface area contributed by atoms with Crippen LogP contribution in [0.3, 0.4) is 0 Å². The van der Waals surface area contributed by atoms with Crippen LogP contribution < -0.4 is 0 Å². The Hall–Kier alpha value is -0.610. The van der Waals surface area contributed by atoms with Crippen molar-refractivity contribution in [2.75, 3.05) is 0 Å². The quantitative estimate of drug-likeness (QED) is 0.694. The standard InChI is InChI=1S/C12H9ClFI/c13-10-6-8-12(9-7-10)15(14)11-4-2-1-3-5-11/h1-9H. The number of hydrogen-bond donors (Lipinski definition) is 0. The van der Waals surface area contributed by atoms with Gasteiger partial charge in [0.25, 0.3) is 0 Å². The molecule has 0 N–H and O–H groups in total. The van der Waals surface area contributed by atoms with Gasteiger partial charge in [-0.15, -0.1) is 0 Å². The summed E-state index contributed by atoms with van der Waals surface area (Å²) in [5, 5.41) is 0.649. The first kappa shape index (κ1) is 10.9. The molecular formula is C12H9ClFI. The molecule has 78 valence electrons. The average Bonchev–Trinajstić information content (AvgIpc) is 2.30. The minimum absolute atomic E-state index is 0.649. The summed E-state index contributed by atoms with van der Waals surface area (Å²) in [5.74, 6) is 0. The van der Waals surface area contributed by atoms with Gasteiger partial charge in [-0.3, -0.25) is 0 Å². The van der Waals surface area contributed by atoms with E-state index < -0.39 is 20.4 Å². The third kappa shape index (κ3) is 2.69. The molecule has 0 atom stereocenters. The van der Waals surface area contributed by atoms with Gasteiger partial charge in [0.1, 0.15) is 0 Å². The molecule has 0 spiro atoms. The maximum atomic E-state index is 14.1. The van der Waals surface area contributed by atoms with Gasteiger partial charge in [-0.2, -0.15) is 0 Å². The van der Waals surface area contributed by atoms with E-state index in [0.29, 0.717) is 5.02 Å². The van der Waals surface area contributed by atoms with Crippen LogP contribution in [0.2, 0.25) is 5.02 Å². The fourth-order valence-corrected chi connectivity index (χ4v) is 4.07. The average molecular weight is 335 g/mol. The molecule has 0 saturated heterocycles. The fourth-order valence-electron chi connectivity index (χ4n) is 1.19. The van der Waals surface area contributed by atoms with Gasteiger partial charge in [-0.25, -0.2) is 0 Å². The van der Waals surface area contributed by atoms with Crippen molar-refractivity contribution in [1.29, 1.82) is 0 Å². The number of hydrogen-bond acceptors (Lipinski definition) is 0. The van der Waals surface area contributed by atoms with Gasteiger partial charge in [0.15, 0.2) is 0 Å². The van der Waals surface area contributed by atoms with E-state index in [1.807, 2.05) is 30.3 Å². The predicted molar refractivity (Wildman–Crippen MR) is 70.4 cm³/mol. The van der Waals surface area contributed by atoms with E-state index in [0.717, 1.165) is 7.14 Å². The Kier molecular flexibility index (Phi) is 3.59. The SMILES string of the molecule is FI(c1ccccc1)c1ccc(Cl)cc1. The molecule has 2 rings (SSSR count). The van der Waals surface area contributed by atoms with Crippen molar-refractivity contribution in [3.05, 3.63) is 66.8 Å². The molecule has 0 aromatic heterocycles. The monoisotopic (exact) mass is 334 g/mol. The predicted octanol–water partition coefficient (Wildman–Crippen LogP) is 4.77. The first-order valence-corrected chi connectivity index (χ1v) is 7.79. The third-order valence-corrected chi connectivity index (χ3v) is 5.80. The summed E-state index contributed by atoms with van der Waals surface area (Å²) in [6.45, 7) is 0. The molecule has 3 heteroatoms. The van der Waals surface area contributed by atoms with E-state index in [-0.39, 0.29) is 0 Å². The molecule has 0 radical (unpaired) electrons. The van der Waals surface area contributed by atoms with Gasteiger partial charge < -0.3 is 0 Å². The van der Waals surface area contributed by atoms with E-state index in [1.54, 1.807) is 24.3 Å². The van der Waals surface area contributed by atoms with Crippen LogP contribution in [0.4, 0.5) is 2.86 Å². The van der Waals surface area contributed by atoms with Crippen LogP contribution >= 0.6 is 32.0 Å². The first-order valence-electron chi connectivity index (χ1n) is 4.44. The Labute approximate surface area is 101 Å². The summed E-state index contributed by atoms with van der Waals surface area (Å²) >= 11 is 3.08. The second kappa shape index (κ2) is 4.94. The molecule has 0 fully saturated rings. The summed E-state index contributed by atoms with van der Waals surface area (Å²) in [6, 6.07) is 16.4. The van der Waals surface area contributed by atoms with Crippen LogP contribution in [0.25, 0.3) is 0 Å². The van der Waals surface area contributed by atoms with Gasteiger partial charge >= 0.3 is 102 Å². The van der Waals surface area contributed by atoms with E-state index in [9.17, 15) is 2.86 Å². The van der Waals surface area contributed by atoms with Crippen LogP contribution in [-0.4, -0.2) is 0 Å². The molecular weight excluding hydrogens is 325 g/mol. The molecule has 0 unspecified atom stereocenters. The van der Waals surface area contributed by atoms with E-state index in [4.69, 9.17) is 11.6 Å². The van der Waals surface area contributed by atoms with Crippen molar-refractivity contribution in [2.45, 2.75) is 0 Å².